The molecular weight excluding hydrogens is 430 g/mol. The summed E-state index contributed by atoms with van der Waals surface area (Å²) in [5, 5.41) is 0. The number of methoxy groups -OCH3 is 2. The number of ether oxygens (including phenoxy) is 2. The van der Waals surface area contributed by atoms with Crippen molar-refractivity contribution in [3.63, 3.8) is 0 Å². The molecule has 0 N–H and O–H groups in total. The fourth-order valence-corrected chi connectivity index (χ4v) is 4.87. The number of ketones is 2. The van der Waals surface area contributed by atoms with Crippen LogP contribution in [0.15, 0.2) is 59.6 Å². The Bertz CT molecular complexity index is 1220. The molecule has 0 aromatic heterocycles. The molecule has 1 heterocycles. The first-order valence-corrected chi connectivity index (χ1v) is 11.5. The second-order valence-electron chi connectivity index (χ2n) is 8.60. The molecule has 0 spiro atoms. The normalized spacial score (nSPS) is 16.8. The second kappa shape index (κ2) is 9.67. The number of allylic oxidation sites excluding steroid dienone is 2. The third kappa shape index (κ3) is 3.94. The first-order valence-electron chi connectivity index (χ1n) is 11.5. The van der Waals surface area contributed by atoms with Crippen LogP contribution in [-0.4, -0.2) is 49.7 Å². The smallest absolute Gasteiger partial charge is 0.254 e. The molecule has 6 heteroatoms. The van der Waals surface area contributed by atoms with Crippen molar-refractivity contribution in [3.05, 3.63) is 76.2 Å². The molecule has 1 aliphatic heterocycles. The van der Waals surface area contributed by atoms with Crippen LogP contribution in [0.3, 0.4) is 0 Å². The van der Waals surface area contributed by atoms with Crippen molar-refractivity contribution < 1.29 is 23.9 Å². The van der Waals surface area contributed by atoms with E-state index in [0.29, 0.717) is 16.7 Å². The van der Waals surface area contributed by atoms with Crippen molar-refractivity contribution in [2.75, 3.05) is 27.3 Å². The number of carbonyl (C=O) groups is 3. The van der Waals surface area contributed by atoms with Crippen LogP contribution in [0, 0.1) is 6.92 Å². The Morgan fingerprint density at radius 1 is 0.824 bits per heavy atom. The van der Waals surface area contributed by atoms with E-state index in [1.807, 2.05) is 42.2 Å². The summed E-state index contributed by atoms with van der Waals surface area (Å²) >= 11 is 0. The zero-order valence-corrected chi connectivity index (χ0v) is 20.1. The van der Waals surface area contributed by atoms with Gasteiger partial charge in [-0.05, 0) is 61.4 Å². The number of likely N-dealkylation sites (tertiary alicyclic amines) is 1. The standard InChI is InChI=1S/C28H29NO5/c1-17-20(23-18(2)24(30)26(33-3)27(34-4)25(23)31)13-14-21(22(17)19-11-7-5-8-12-19)28(32)29-15-9-6-10-16-29/h5,7-8,11-14H,6,9-10,15-16H2,1-4H3. The van der Waals surface area contributed by atoms with Crippen LogP contribution in [0.4, 0.5) is 0 Å². The minimum atomic E-state index is -0.409. The Hall–Kier alpha value is -3.67. The minimum absolute atomic E-state index is 0.0101. The maximum atomic E-state index is 13.5. The predicted octanol–water partition coefficient (Wildman–Crippen LogP) is 4.72. The summed E-state index contributed by atoms with van der Waals surface area (Å²) < 4.78 is 10.4. The molecular formula is C28H29NO5. The molecule has 2 aliphatic rings. The van der Waals surface area contributed by atoms with Gasteiger partial charge in [-0.1, -0.05) is 36.4 Å². The molecule has 1 aliphatic carbocycles. The van der Waals surface area contributed by atoms with Crippen LogP contribution in [0.5, 0.6) is 0 Å². The molecule has 0 saturated carbocycles. The van der Waals surface area contributed by atoms with Crippen LogP contribution in [0.25, 0.3) is 16.7 Å². The van der Waals surface area contributed by atoms with Crippen molar-refractivity contribution >= 4 is 23.0 Å². The van der Waals surface area contributed by atoms with Gasteiger partial charge in [0.2, 0.25) is 23.1 Å². The molecule has 0 atom stereocenters. The van der Waals surface area contributed by atoms with Gasteiger partial charge in [-0.2, -0.15) is 0 Å². The van der Waals surface area contributed by atoms with Gasteiger partial charge in [0.25, 0.3) is 5.91 Å². The monoisotopic (exact) mass is 459 g/mol. The van der Waals surface area contributed by atoms with E-state index in [1.165, 1.54) is 14.2 Å². The summed E-state index contributed by atoms with van der Waals surface area (Å²) in [7, 11) is 2.69. The highest BCUT2D eigenvalue weighted by Crippen LogP contribution is 2.38. The number of piperidine rings is 1. The van der Waals surface area contributed by atoms with Crippen molar-refractivity contribution in [2.24, 2.45) is 0 Å². The van der Waals surface area contributed by atoms with Crippen LogP contribution < -0.4 is 0 Å². The lowest BCUT2D eigenvalue weighted by Crippen LogP contribution is -2.36. The maximum Gasteiger partial charge on any atom is 0.254 e. The SMILES string of the molecule is COC1=C(OC)C(=O)C(c2ccc(C(=O)N3CCCCC3)c(-c3ccccc3)c2C)=C(C)C1=O. The van der Waals surface area contributed by atoms with E-state index < -0.39 is 5.78 Å². The molecule has 34 heavy (non-hydrogen) atoms. The third-order valence-corrected chi connectivity index (χ3v) is 6.64. The zero-order chi connectivity index (χ0) is 24.4. The number of hydrogen-bond acceptors (Lipinski definition) is 5. The summed E-state index contributed by atoms with van der Waals surface area (Å²) in [6, 6.07) is 13.2. The molecule has 1 amide bonds. The number of nitrogens with zero attached hydrogens (tertiary/aromatic N) is 1. The number of hydrogen-bond donors (Lipinski definition) is 0. The number of carbonyl (C=O) groups excluding carboxylic acids is 3. The largest absolute Gasteiger partial charge is 0.489 e. The first kappa shape index (κ1) is 23.5. The van der Waals surface area contributed by atoms with Crippen LogP contribution in [-0.2, 0) is 19.1 Å². The average Bonchev–Trinajstić information content (AvgIpc) is 2.87. The molecule has 0 bridgehead atoms. The van der Waals surface area contributed by atoms with Gasteiger partial charge in [0.1, 0.15) is 0 Å². The van der Waals surface area contributed by atoms with Crippen molar-refractivity contribution in [1.82, 2.24) is 4.90 Å². The second-order valence-corrected chi connectivity index (χ2v) is 8.60. The fourth-order valence-electron chi connectivity index (χ4n) is 4.87. The summed E-state index contributed by atoms with van der Waals surface area (Å²) in [4.78, 5) is 41.8. The van der Waals surface area contributed by atoms with Crippen LogP contribution in [0.1, 0.15) is 47.7 Å². The lowest BCUT2D eigenvalue weighted by molar-refractivity contribution is -0.119. The fraction of sp³-hybridized carbons (Fsp3) is 0.321. The van der Waals surface area contributed by atoms with Gasteiger partial charge < -0.3 is 14.4 Å². The van der Waals surface area contributed by atoms with Crippen LogP contribution >= 0.6 is 0 Å². The minimum Gasteiger partial charge on any atom is -0.489 e. The van der Waals surface area contributed by atoms with E-state index in [0.717, 1.165) is 49.0 Å². The number of benzene rings is 2. The predicted molar refractivity (Wildman–Crippen MR) is 130 cm³/mol. The molecule has 2 aromatic rings. The van der Waals surface area contributed by atoms with E-state index in [9.17, 15) is 14.4 Å². The average molecular weight is 460 g/mol. The van der Waals surface area contributed by atoms with Crippen molar-refractivity contribution in [2.45, 2.75) is 33.1 Å². The maximum absolute atomic E-state index is 13.5. The molecule has 1 fully saturated rings. The van der Waals surface area contributed by atoms with Gasteiger partial charge in [0.15, 0.2) is 0 Å². The van der Waals surface area contributed by atoms with E-state index in [-0.39, 0.29) is 28.8 Å². The summed E-state index contributed by atoms with van der Waals surface area (Å²) in [6.45, 7) is 5.00. The third-order valence-electron chi connectivity index (χ3n) is 6.64. The Balaban J connectivity index is 1.91. The van der Waals surface area contributed by atoms with E-state index in [1.54, 1.807) is 19.1 Å². The highest BCUT2D eigenvalue weighted by atomic mass is 16.5. The van der Waals surface area contributed by atoms with Crippen LogP contribution in [0.2, 0.25) is 0 Å². The Labute approximate surface area is 199 Å². The number of amides is 1. The van der Waals surface area contributed by atoms with E-state index in [4.69, 9.17) is 9.47 Å². The van der Waals surface area contributed by atoms with Gasteiger partial charge in [-0.15, -0.1) is 0 Å². The quantitative estimate of drug-likeness (QED) is 0.605. The Kier molecular flexibility index (Phi) is 6.68. The lowest BCUT2D eigenvalue weighted by Gasteiger charge is -2.29. The summed E-state index contributed by atoms with van der Waals surface area (Å²) in [5.74, 6) is -1.00. The molecule has 0 unspecified atom stereocenters. The van der Waals surface area contributed by atoms with E-state index >= 15 is 0 Å². The van der Waals surface area contributed by atoms with Gasteiger partial charge in [-0.25, -0.2) is 0 Å². The van der Waals surface area contributed by atoms with Crippen molar-refractivity contribution in [1.29, 1.82) is 0 Å². The molecule has 4 rings (SSSR count). The topological polar surface area (TPSA) is 72.9 Å². The Morgan fingerprint density at radius 2 is 1.44 bits per heavy atom. The van der Waals surface area contributed by atoms with Gasteiger partial charge in [0, 0.05) is 29.8 Å². The van der Waals surface area contributed by atoms with Gasteiger partial charge in [0.05, 0.1) is 14.2 Å². The van der Waals surface area contributed by atoms with Crippen molar-refractivity contribution in [3.8, 4) is 11.1 Å². The van der Waals surface area contributed by atoms with E-state index in [2.05, 4.69) is 0 Å². The summed E-state index contributed by atoms with van der Waals surface area (Å²) in [6.07, 6.45) is 3.13. The molecule has 2 aromatic carbocycles. The highest BCUT2D eigenvalue weighted by molar-refractivity contribution is 6.38. The summed E-state index contributed by atoms with van der Waals surface area (Å²) in [5.41, 5.74) is 4.19. The first-order chi connectivity index (χ1) is 16.4. The molecule has 6 nitrogen and oxygen atoms in total. The Morgan fingerprint density at radius 3 is 2.06 bits per heavy atom. The van der Waals surface area contributed by atoms with Gasteiger partial charge >= 0.3 is 0 Å². The number of rotatable bonds is 5. The molecule has 0 radical (unpaired) electrons. The lowest BCUT2D eigenvalue weighted by atomic mass is 9.82. The molecule has 1 saturated heterocycles. The molecule has 176 valence electrons. The zero-order valence-electron chi connectivity index (χ0n) is 20.1. The number of Topliss-reactive ketones (excluding diaryl/α,β-unsaturated/α-hetero) is 2. The van der Waals surface area contributed by atoms with Gasteiger partial charge in [-0.3, -0.25) is 14.4 Å². The highest BCUT2D eigenvalue weighted by Gasteiger charge is 2.36.